The van der Waals surface area contributed by atoms with Crippen molar-refractivity contribution in [1.82, 2.24) is 10.1 Å². The summed E-state index contributed by atoms with van der Waals surface area (Å²) in [7, 11) is 0. The first-order chi connectivity index (χ1) is 8.26. The Morgan fingerprint density at radius 2 is 2.00 bits per heavy atom. The smallest absolute Gasteiger partial charge is 0.231 e. The summed E-state index contributed by atoms with van der Waals surface area (Å²) < 4.78 is 5.25. The number of hydrogen-bond donors (Lipinski definition) is 1. The summed E-state index contributed by atoms with van der Waals surface area (Å²) in [4.78, 5) is 4.40. The predicted octanol–water partition coefficient (Wildman–Crippen LogP) is 2.00. The number of nitrogens with two attached hydrogens (primary N) is 1. The minimum atomic E-state index is -0.335. The maximum absolute atomic E-state index is 6.15. The van der Waals surface area contributed by atoms with Gasteiger partial charge < -0.3 is 10.3 Å². The Kier molecular flexibility index (Phi) is 2.44. The van der Waals surface area contributed by atoms with Crippen molar-refractivity contribution in [3.05, 3.63) is 47.6 Å². The summed E-state index contributed by atoms with van der Waals surface area (Å²) in [5.74, 6) is 1.30. The quantitative estimate of drug-likeness (QED) is 0.874. The molecule has 0 unspecified atom stereocenters. The van der Waals surface area contributed by atoms with E-state index in [1.165, 1.54) is 5.56 Å². The topological polar surface area (TPSA) is 64.9 Å². The fourth-order valence-electron chi connectivity index (χ4n) is 2.08. The van der Waals surface area contributed by atoms with E-state index in [9.17, 15) is 0 Å². The van der Waals surface area contributed by atoms with Gasteiger partial charge in [-0.2, -0.15) is 4.98 Å². The zero-order valence-corrected chi connectivity index (χ0v) is 9.60. The molecule has 88 valence electrons. The molecule has 1 aromatic carbocycles. The van der Waals surface area contributed by atoms with Crippen molar-refractivity contribution < 1.29 is 4.52 Å². The molecule has 4 nitrogen and oxygen atoms in total. The molecule has 2 aromatic rings. The van der Waals surface area contributed by atoms with Crippen molar-refractivity contribution in [3.8, 4) is 0 Å². The second-order valence-electron chi connectivity index (χ2n) is 4.68. The van der Waals surface area contributed by atoms with Crippen molar-refractivity contribution >= 4 is 0 Å². The lowest BCUT2D eigenvalue weighted by atomic mass is 9.77. The zero-order chi connectivity index (χ0) is 11.7. The molecule has 0 bridgehead atoms. The van der Waals surface area contributed by atoms with E-state index < -0.39 is 0 Å². The molecule has 0 spiro atoms. The van der Waals surface area contributed by atoms with Crippen molar-refractivity contribution in [3.63, 3.8) is 0 Å². The monoisotopic (exact) mass is 229 g/mol. The van der Waals surface area contributed by atoms with Crippen molar-refractivity contribution in [1.29, 1.82) is 0 Å². The SMILES string of the molecule is NC1(c2noc(Cc3ccccc3)n2)CCC1. The Hall–Kier alpha value is -1.68. The van der Waals surface area contributed by atoms with E-state index >= 15 is 0 Å². The molecule has 1 heterocycles. The Labute approximate surface area is 99.8 Å². The van der Waals surface area contributed by atoms with Gasteiger partial charge in [-0.15, -0.1) is 0 Å². The van der Waals surface area contributed by atoms with Gasteiger partial charge in [0.15, 0.2) is 5.82 Å². The van der Waals surface area contributed by atoms with Crippen molar-refractivity contribution in [2.75, 3.05) is 0 Å². The van der Waals surface area contributed by atoms with Crippen LogP contribution in [0.25, 0.3) is 0 Å². The number of nitrogens with zero attached hydrogens (tertiary/aromatic N) is 2. The van der Waals surface area contributed by atoms with E-state index in [4.69, 9.17) is 10.3 Å². The first-order valence-corrected chi connectivity index (χ1v) is 5.92. The predicted molar refractivity (Wildman–Crippen MR) is 63.3 cm³/mol. The van der Waals surface area contributed by atoms with Crippen LogP contribution in [0.2, 0.25) is 0 Å². The van der Waals surface area contributed by atoms with Gasteiger partial charge in [0, 0.05) is 0 Å². The van der Waals surface area contributed by atoms with Crippen LogP contribution >= 0.6 is 0 Å². The third kappa shape index (κ3) is 1.96. The van der Waals surface area contributed by atoms with E-state index in [0.29, 0.717) is 18.1 Å². The van der Waals surface area contributed by atoms with Crippen LogP contribution in [-0.4, -0.2) is 10.1 Å². The summed E-state index contributed by atoms with van der Waals surface area (Å²) >= 11 is 0. The maximum atomic E-state index is 6.15. The lowest BCUT2D eigenvalue weighted by Gasteiger charge is -2.34. The lowest BCUT2D eigenvalue weighted by Crippen LogP contribution is -2.44. The zero-order valence-electron chi connectivity index (χ0n) is 9.60. The molecule has 1 aromatic heterocycles. The van der Waals surface area contributed by atoms with Gasteiger partial charge in [0.1, 0.15) is 0 Å². The lowest BCUT2D eigenvalue weighted by molar-refractivity contribution is 0.229. The minimum absolute atomic E-state index is 0.335. The van der Waals surface area contributed by atoms with Crippen molar-refractivity contribution in [2.24, 2.45) is 5.73 Å². The van der Waals surface area contributed by atoms with Gasteiger partial charge in [-0.25, -0.2) is 0 Å². The third-order valence-corrected chi connectivity index (χ3v) is 3.36. The summed E-state index contributed by atoms with van der Waals surface area (Å²) in [6.45, 7) is 0. The standard InChI is InChI=1S/C13H15N3O/c14-13(7-4-8-13)12-15-11(17-16-12)9-10-5-2-1-3-6-10/h1-3,5-6H,4,7-9,14H2. The summed E-state index contributed by atoms with van der Waals surface area (Å²) in [6.07, 6.45) is 3.73. The molecule has 0 atom stereocenters. The molecule has 0 radical (unpaired) electrons. The summed E-state index contributed by atoms with van der Waals surface area (Å²) in [5, 5.41) is 4.00. The highest BCUT2D eigenvalue weighted by Crippen LogP contribution is 2.36. The average Bonchev–Trinajstić information content (AvgIpc) is 2.76. The van der Waals surface area contributed by atoms with Gasteiger partial charge in [-0.3, -0.25) is 0 Å². The van der Waals surface area contributed by atoms with E-state index in [-0.39, 0.29) is 5.54 Å². The van der Waals surface area contributed by atoms with Crippen LogP contribution in [0.5, 0.6) is 0 Å². The van der Waals surface area contributed by atoms with E-state index in [1.807, 2.05) is 30.3 Å². The normalized spacial score (nSPS) is 17.7. The highest BCUT2D eigenvalue weighted by molar-refractivity contribution is 5.18. The van der Waals surface area contributed by atoms with E-state index in [1.54, 1.807) is 0 Å². The van der Waals surface area contributed by atoms with Crippen LogP contribution in [0.3, 0.4) is 0 Å². The Balaban J connectivity index is 1.77. The molecule has 1 saturated carbocycles. The molecule has 0 aliphatic heterocycles. The van der Waals surface area contributed by atoms with Gasteiger partial charge >= 0.3 is 0 Å². The van der Waals surface area contributed by atoms with Gasteiger partial charge in [-0.1, -0.05) is 35.5 Å². The molecular weight excluding hydrogens is 214 g/mol. The Bertz CT molecular complexity index is 502. The fraction of sp³-hybridized carbons (Fsp3) is 0.385. The van der Waals surface area contributed by atoms with Crippen LogP contribution in [0.4, 0.5) is 0 Å². The molecule has 0 saturated heterocycles. The van der Waals surface area contributed by atoms with Gasteiger partial charge in [0.25, 0.3) is 0 Å². The van der Waals surface area contributed by atoms with Crippen LogP contribution in [0, 0.1) is 0 Å². The summed E-state index contributed by atoms with van der Waals surface area (Å²) in [5.41, 5.74) is 6.98. The van der Waals surface area contributed by atoms with Crippen LogP contribution in [0.1, 0.15) is 36.5 Å². The molecule has 4 heteroatoms. The molecule has 3 rings (SSSR count). The third-order valence-electron chi connectivity index (χ3n) is 3.36. The van der Waals surface area contributed by atoms with Gasteiger partial charge in [0.05, 0.1) is 12.0 Å². The molecule has 1 aliphatic carbocycles. The summed E-state index contributed by atoms with van der Waals surface area (Å²) in [6, 6.07) is 10.1. The maximum Gasteiger partial charge on any atom is 0.231 e. The van der Waals surface area contributed by atoms with Crippen LogP contribution < -0.4 is 5.73 Å². The minimum Gasteiger partial charge on any atom is -0.339 e. The second-order valence-corrected chi connectivity index (χ2v) is 4.68. The van der Waals surface area contributed by atoms with E-state index in [2.05, 4.69) is 10.1 Å². The van der Waals surface area contributed by atoms with Crippen molar-refractivity contribution in [2.45, 2.75) is 31.2 Å². The average molecular weight is 229 g/mol. The highest BCUT2D eigenvalue weighted by atomic mass is 16.5. The second kappa shape index (κ2) is 3.96. The highest BCUT2D eigenvalue weighted by Gasteiger charge is 2.38. The molecule has 17 heavy (non-hydrogen) atoms. The molecular formula is C13H15N3O. The number of benzene rings is 1. The Morgan fingerprint density at radius 3 is 2.65 bits per heavy atom. The van der Waals surface area contributed by atoms with Gasteiger partial charge in [-0.05, 0) is 24.8 Å². The number of hydrogen-bond acceptors (Lipinski definition) is 4. The number of rotatable bonds is 3. The molecule has 2 N–H and O–H groups in total. The van der Waals surface area contributed by atoms with Gasteiger partial charge in [0.2, 0.25) is 5.89 Å². The molecule has 1 aliphatic rings. The largest absolute Gasteiger partial charge is 0.339 e. The van der Waals surface area contributed by atoms with E-state index in [0.717, 1.165) is 19.3 Å². The first-order valence-electron chi connectivity index (χ1n) is 5.92. The first kappa shape index (κ1) is 10.5. The molecule has 0 amide bonds. The fourth-order valence-corrected chi connectivity index (χ4v) is 2.08. The number of aromatic nitrogens is 2. The van der Waals surface area contributed by atoms with Crippen LogP contribution in [-0.2, 0) is 12.0 Å². The Morgan fingerprint density at radius 1 is 1.24 bits per heavy atom. The molecule has 1 fully saturated rings. The van der Waals surface area contributed by atoms with Crippen LogP contribution in [0.15, 0.2) is 34.9 Å².